The number of fused-ring (bicyclic) bond motifs is 1. The Bertz CT molecular complexity index is 1450. The lowest BCUT2D eigenvalue weighted by molar-refractivity contribution is -0.140. The van der Waals surface area contributed by atoms with Crippen molar-refractivity contribution in [3.8, 4) is 5.75 Å². The predicted octanol–water partition coefficient (Wildman–Crippen LogP) is 2.44. The lowest BCUT2D eigenvalue weighted by atomic mass is 9.96. The van der Waals surface area contributed by atoms with E-state index in [2.05, 4.69) is 15.6 Å². The van der Waals surface area contributed by atoms with E-state index in [1.807, 2.05) is 48.3 Å². The molecule has 0 bridgehead atoms. The van der Waals surface area contributed by atoms with Crippen LogP contribution in [0.3, 0.4) is 0 Å². The van der Waals surface area contributed by atoms with Gasteiger partial charge >= 0.3 is 0 Å². The Morgan fingerprint density at radius 2 is 1.90 bits per heavy atom. The fourth-order valence-electron chi connectivity index (χ4n) is 5.98. The van der Waals surface area contributed by atoms with E-state index in [1.54, 1.807) is 16.7 Å². The smallest absolute Gasteiger partial charge is 0.243 e. The monoisotopic (exact) mass is 595 g/mol. The second kappa shape index (κ2) is 13.1. The van der Waals surface area contributed by atoms with Gasteiger partial charge in [0, 0.05) is 39.6 Å². The van der Waals surface area contributed by atoms with E-state index in [0.29, 0.717) is 36.7 Å². The van der Waals surface area contributed by atoms with Crippen LogP contribution < -0.4 is 15.8 Å². The SMILES string of the molecule is COc1ccc(CC2CC(C(=O)NCc3ccc4c(c3)nnn4C)N(C(=O)C(N)CCC(=O)N3CCCC3)C2)cc1Cl. The summed E-state index contributed by atoms with van der Waals surface area (Å²) in [6, 6.07) is 9.83. The molecule has 3 atom stereocenters. The molecule has 224 valence electrons. The molecule has 3 aromatic rings. The minimum Gasteiger partial charge on any atom is -0.495 e. The van der Waals surface area contributed by atoms with Crippen molar-refractivity contribution in [1.82, 2.24) is 30.1 Å². The van der Waals surface area contributed by atoms with Crippen molar-refractivity contribution >= 4 is 40.4 Å². The Hall–Kier alpha value is -3.70. The second-order valence-corrected chi connectivity index (χ2v) is 11.7. The van der Waals surface area contributed by atoms with E-state index in [1.165, 1.54) is 0 Å². The van der Waals surface area contributed by atoms with E-state index in [-0.39, 0.29) is 36.5 Å². The highest BCUT2D eigenvalue weighted by atomic mass is 35.5. The quantitative estimate of drug-likeness (QED) is 0.367. The van der Waals surface area contributed by atoms with E-state index in [9.17, 15) is 14.4 Å². The predicted molar refractivity (Wildman–Crippen MR) is 159 cm³/mol. The molecule has 3 amide bonds. The number of carbonyl (C=O) groups is 3. The number of methoxy groups -OCH3 is 1. The van der Waals surface area contributed by atoms with Crippen molar-refractivity contribution in [3.63, 3.8) is 0 Å². The Labute approximate surface area is 250 Å². The Kier molecular flexibility index (Phi) is 9.27. The zero-order valence-electron chi connectivity index (χ0n) is 24.1. The molecule has 2 aromatic carbocycles. The van der Waals surface area contributed by atoms with Gasteiger partial charge in [-0.3, -0.25) is 14.4 Å². The number of aryl methyl sites for hydroxylation is 1. The van der Waals surface area contributed by atoms with Crippen LogP contribution >= 0.6 is 11.6 Å². The Morgan fingerprint density at radius 3 is 2.64 bits per heavy atom. The highest BCUT2D eigenvalue weighted by Gasteiger charge is 2.41. The van der Waals surface area contributed by atoms with Crippen molar-refractivity contribution in [2.24, 2.45) is 18.7 Å². The number of amides is 3. The third kappa shape index (κ3) is 6.68. The highest BCUT2D eigenvalue weighted by Crippen LogP contribution is 2.31. The van der Waals surface area contributed by atoms with Gasteiger partial charge in [0.2, 0.25) is 17.7 Å². The molecule has 0 spiro atoms. The van der Waals surface area contributed by atoms with Crippen LogP contribution in [0.25, 0.3) is 11.0 Å². The molecule has 42 heavy (non-hydrogen) atoms. The molecule has 3 heterocycles. The van der Waals surface area contributed by atoms with E-state index in [0.717, 1.165) is 48.1 Å². The van der Waals surface area contributed by atoms with Gasteiger partial charge in [-0.2, -0.15) is 0 Å². The van der Waals surface area contributed by atoms with Crippen molar-refractivity contribution < 1.29 is 19.1 Å². The van der Waals surface area contributed by atoms with Gasteiger partial charge in [-0.25, -0.2) is 4.68 Å². The highest BCUT2D eigenvalue weighted by molar-refractivity contribution is 6.32. The van der Waals surface area contributed by atoms with Gasteiger partial charge in [0.05, 0.1) is 23.7 Å². The standard InChI is InChI=1S/C30H38ClN7O4/c1-36-25-8-5-20(15-24(25)34-35-36)17-33-29(40)26-16-21(13-19-6-9-27(42-2)22(31)14-19)18-38(26)30(41)23(32)7-10-28(39)37-11-3-4-12-37/h5-6,8-9,14-15,21,23,26H,3-4,7,10-13,16-18,32H2,1-2H3,(H,33,40). The summed E-state index contributed by atoms with van der Waals surface area (Å²) < 4.78 is 6.96. The van der Waals surface area contributed by atoms with Crippen LogP contribution in [-0.2, 0) is 34.4 Å². The summed E-state index contributed by atoms with van der Waals surface area (Å²) in [6.45, 7) is 2.20. The molecule has 0 radical (unpaired) electrons. The largest absolute Gasteiger partial charge is 0.495 e. The number of halogens is 1. The maximum Gasteiger partial charge on any atom is 0.243 e. The van der Waals surface area contributed by atoms with Crippen LogP contribution in [0.2, 0.25) is 5.02 Å². The van der Waals surface area contributed by atoms with Crippen molar-refractivity contribution in [2.45, 2.75) is 57.2 Å². The summed E-state index contributed by atoms with van der Waals surface area (Å²) in [5.74, 6) is 0.109. The molecule has 2 aliphatic heterocycles. The molecule has 0 aliphatic carbocycles. The molecular weight excluding hydrogens is 558 g/mol. The average molecular weight is 596 g/mol. The number of likely N-dealkylation sites (tertiary alicyclic amines) is 2. The zero-order valence-corrected chi connectivity index (χ0v) is 24.8. The third-order valence-corrected chi connectivity index (χ3v) is 8.60. The van der Waals surface area contributed by atoms with Gasteiger partial charge in [-0.15, -0.1) is 5.10 Å². The summed E-state index contributed by atoms with van der Waals surface area (Å²) in [5.41, 5.74) is 9.86. The Balaban J connectivity index is 1.26. The van der Waals surface area contributed by atoms with Crippen molar-refractivity contribution in [2.75, 3.05) is 26.7 Å². The molecule has 12 heteroatoms. The number of nitrogens with two attached hydrogens (primary N) is 1. The fraction of sp³-hybridized carbons (Fsp3) is 0.500. The maximum absolute atomic E-state index is 13.6. The number of carbonyl (C=O) groups excluding carboxylic acids is 3. The summed E-state index contributed by atoms with van der Waals surface area (Å²) >= 11 is 6.35. The van der Waals surface area contributed by atoms with Crippen LogP contribution in [0.15, 0.2) is 36.4 Å². The van der Waals surface area contributed by atoms with Crippen molar-refractivity contribution in [3.05, 3.63) is 52.5 Å². The molecule has 1 aromatic heterocycles. The molecule has 3 unspecified atom stereocenters. The summed E-state index contributed by atoms with van der Waals surface area (Å²) in [7, 11) is 3.39. The second-order valence-electron chi connectivity index (χ2n) is 11.3. The fourth-order valence-corrected chi connectivity index (χ4v) is 6.26. The lowest BCUT2D eigenvalue weighted by Gasteiger charge is -2.27. The molecule has 11 nitrogen and oxygen atoms in total. The number of hydrogen-bond donors (Lipinski definition) is 2. The normalized spacial score (nSPS) is 19.3. The molecule has 2 fully saturated rings. The van der Waals surface area contributed by atoms with Crippen LogP contribution in [-0.4, -0.2) is 81.3 Å². The van der Waals surface area contributed by atoms with Crippen molar-refractivity contribution in [1.29, 1.82) is 0 Å². The number of nitrogens with one attached hydrogen (secondary N) is 1. The first kappa shape index (κ1) is 29.8. The first-order chi connectivity index (χ1) is 20.2. The maximum atomic E-state index is 13.6. The zero-order chi connectivity index (χ0) is 29.8. The number of benzene rings is 2. The van der Waals surface area contributed by atoms with Crippen LogP contribution in [0.5, 0.6) is 5.75 Å². The molecule has 3 N–H and O–H groups in total. The first-order valence-electron chi connectivity index (χ1n) is 14.5. The van der Waals surface area contributed by atoms with E-state index >= 15 is 0 Å². The van der Waals surface area contributed by atoms with Gasteiger partial charge in [0.1, 0.15) is 17.3 Å². The van der Waals surface area contributed by atoms with E-state index in [4.69, 9.17) is 22.1 Å². The van der Waals surface area contributed by atoms with E-state index < -0.39 is 12.1 Å². The third-order valence-electron chi connectivity index (χ3n) is 8.30. The molecule has 5 rings (SSSR count). The molecule has 2 saturated heterocycles. The van der Waals surface area contributed by atoms with Crippen LogP contribution in [0.1, 0.15) is 43.2 Å². The number of aromatic nitrogens is 3. The minimum absolute atomic E-state index is 0.0285. The minimum atomic E-state index is -0.861. The molecule has 0 saturated carbocycles. The summed E-state index contributed by atoms with van der Waals surface area (Å²) in [5, 5.41) is 11.7. The summed E-state index contributed by atoms with van der Waals surface area (Å²) in [6.07, 6.45) is 3.61. The molecular formula is C30H38ClN7O4. The number of rotatable bonds is 10. The number of hydrogen-bond acceptors (Lipinski definition) is 7. The lowest BCUT2D eigenvalue weighted by Crippen LogP contribution is -2.51. The molecule has 2 aliphatic rings. The van der Waals surface area contributed by atoms with Gasteiger partial charge in [0.15, 0.2) is 0 Å². The van der Waals surface area contributed by atoms with Crippen LogP contribution in [0, 0.1) is 5.92 Å². The van der Waals surface area contributed by atoms with Crippen LogP contribution in [0.4, 0.5) is 0 Å². The average Bonchev–Trinajstić information content (AvgIpc) is 3.75. The van der Waals surface area contributed by atoms with Gasteiger partial charge in [-0.1, -0.05) is 28.9 Å². The van der Waals surface area contributed by atoms with Gasteiger partial charge < -0.3 is 25.6 Å². The topological polar surface area (TPSA) is 136 Å². The Morgan fingerprint density at radius 1 is 1.14 bits per heavy atom. The number of ether oxygens (including phenoxy) is 1. The van der Waals surface area contributed by atoms with Gasteiger partial charge in [0.25, 0.3) is 0 Å². The first-order valence-corrected chi connectivity index (χ1v) is 14.8. The van der Waals surface area contributed by atoms with Gasteiger partial charge in [-0.05, 0) is 73.4 Å². The summed E-state index contributed by atoms with van der Waals surface area (Å²) in [4.78, 5) is 43.1. The number of nitrogens with zero attached hydrogens (tertiary/aromatic N) is 5.